The molecule has 0 spiro atoms. The molecule has 1 aromatic carbocycles. The lowest BCUT2D eigenvalue weighted by Gasteiger charge is -2.39. The molecule has 124 valence electrons. The second-order valence-electron chi connectivity index (χ2n) is 6.20. The fourth-order valence-electron chi connectivity index (χ4n) is 2.05. The Kier molecular flexibility index (Phi) is 5.01. The van der Waals surface area contributed by atoms with E-state index in [1.807, 2.05) is 20.8 Å². The summed E-state index contributed by atoms with van der Waals surface area (Å²) < 4.78 is 32.9. The van der Waals surface area contributed by atoms with Crippen LogP contribution in [0.4, 0.5) is 8.78 Å². The largest absolute Gasteiger partial charge is 0.487 e. The van der Waals surface area contributed by atoms with Crippen LogP contribution in [-0.4, -0.2) is 21.7 Å². The van der Waals surface area contributed by atoms with Crippen LogP contribution in [0.5, 0.6) is 5.75 Å². The van der Waals surface area contributed by atoms with E-state index in [9.17, 15) is 13.9 Å². The van der Waals surface area contributed by atoms with Gasteiger partial charge in [-0.15, -0.1) is 0 Å². The number of rotatable bonds is 4. The molecule has 0 aliphatic rings. The first-order chi connectivity index (χ1) is 10.7. The van der Waals surface area contributed by atoms with Gasteiger partial charge in [0.25, 0.3) is 0 Å². The van der Waals surface area contributed by atoms with E-state index in [0.29, 0.717) is 5.56 Å². The number of benzene rings is 1. The van der Waals surface area contributed by atoms with Gasteiger partial charge in [-0.05, 0) is 33.5 Å². The fraction of sp³-hybridized carbons (Fsp3) is 0.375. The van der Waals surface area contributed by atoms with E-state index >= 15 is 0 Å². The zero-order valence-electron chi connectivity index (χ0n) is 13.0. The van der Waals surface area contributed by atoms with Crippen molar-refractivity contribution in [2.45, 2.75) is 26.4 Å². The van der Waals surface area contributed by atoms with Gasteiger partial charge in [-0.2, -0.15) is 4.39 Å². The summed E-state index contributed by atoms with van der Waals surface area (Å²) >= 11 is 2.90. The summed E-state index contributed by atoms with van der Waals surface area (Å²) in [6.07, 6.45) is 4.29. The third-order valence-electron chi connectivity index (χ3n) is 3.72. The summed E-state index contributed by atoms with van der Waals surface area (Å²) in [5.74, 6) is -2.42. The van der Waals surface area contributed by atoms with E-state index < -0.39 is 22.7 Å². The maximum atomic E-state index is 13.9. The Morgan fingerprint density at radius 1 is 1.13 bits per heavy atom. The number of hydrogen-bond acceptors (Lipinski definition) is 4. The average Bonchev–Trinajstić information content (AvgIpc) is 2.51. The van der Waals surface area contributed by atoms with Crippen molar-refractivity contribution < 1.29 is 18.6 Å². The van der Waals surface area contributed by atoms with Gasteiger partial charge in [-0.3, -0.25) is 0 Å². The lowest BCUT2D eigenvalue weighted by atomic mass is 9.73. The van der Waals surface area contributed by atoms with E-state index in [-0.39, 0.29) is 16.8 Å². The van der Waals surface area contributed by atoms with Gasteiger partial charge < -0.3 is 9.84 Å². The van der Waals surface area contributed by atoms with Crippen molar-refractivity contribution in [3.8, 4) is 5.75 Å². The minimum absolute atomic E-state index is 0.00453. The first-order valence-electron chi connectivity index (χ1n) is 6.91. The molecule has 1 unspecified atom stereocenters. The standard InChI is InChI=1S/C16H17BrF2N2O2/c1-15(2,3)16(22,10-6-20-9-21-7-10)8-23-12-5-4-11(17)13(18)14(12)19/h4-7,9,22H,8H2,1-3H3. The van der Waals surface area contributed by atoms with Gasteiger partial charge in [-0.1, -0.05) is 20.8 Å². The molecule has 0 saturated carbocycles. The number of nitrogens with zero attached hydrogens (tertiary/aromatic N) is 2. The van der Waals surface area contributed by atoms with Crippen LogP contribution >= 0.6 is 15.9 Å². The van der Waals surface area contributed by atoms with Crippen molar-refractivity contribution in [1.82, 2.24) is 9.97 Å². The topological polar surface area (TPSA) is 55.2 Å². The highest BCUT2D eigenvalue weighted by Gasteiger charge is 2.43. The number of ether oxygens (including phenoxy) is 1. The van der Waals surface area contributed by atoms with Gasteiger partial charge in [0.1, 0.15) is 18.5 Å². The maximum absolute atomic E-state index is 13.9. The fourth-order valence-corrected chi connectivity index (χ4v) is 2.35. The highest BCUT2D eigenvalue weighted by molar-refractivity contribution is 9.10. The highest BCUT2D eigenvalue weighted by Crippen LogP contribution is 2.39. The molecule has 0 saturated heterocycles. The predicted molar refractivity (Wildman–Crippen MR) is 84.9 cm³/mol. The van der Waals surface area contributed by atoms with Crippen molar-refractivity contribution in [3.63, 3.8) is 0 Å². The van der Waals surface area contributed by atoms with Gasteiger partial charge in [-0.25, -0.2) is 14.4 Å². The van der Waals surface area contributed by atoms with E-state index in [1.54, 1.807) is 0 Å². The van der Waals surface area contributed by atoms with Gasteiger partial charge in [0.05, 0.1) is 4.47 Å². The van der Waals surface area contributed by atoms with Gasteiger partial charge >= 0.3 is 0 Å². The molecule has 0 fully saturated rings. The normalized spacial score (nSPS) is 14.4. The Morgan fingerprint density at radius 2 is 1.74 bits per heavy atom. The van der Waals surface area contributed by atoms with E-state index in [2.05, 4.69) is 25.9 Å². The van der Waals surface area contributed by atoms with E-state index in [4.69, 9.17) is 4.74 Å². The number of aromatic nitrogens is 2. The van der Waals surface area contributed by atoms with Crippen molar-refractivity contribution in [1.29, 1.82) is 0 Å². The SMILES string of the molecule is CC(C)(C)C(O)(COc1ccc(Br)c(F)c1F)c1cncnc1. The minimum atomic E-state index is -1.48. The lowest BCUT2D eigenvalue weighted by molar-refractivity contribution is -0.0955. The minimum Gasteiger partial charge on any atom is -0.487 e. The Balaban J connectivity index is 2.33. The van der Waals surface area contributed by atoms with Crippen LogP contribution in [0.25, 0.3) is 0 Å². The van der Waals surface area contributed by atoms with E-state index in [1.165, 1.54) is 30.9 Å². The third kappa shape index (κ3) is 3.50. The molecule has 23 heavy (non-hydrogen) atoms. The Labute approximate surface area is 141 Å². The van der Waals surface area contributed by atoms with Crippen molar-refractivity contribution in [2.75, 3.05) is 6.61 Å². The zero-order valence-corrected chi connectivity index (χ0v) is 14.6. The lowest BCUT2D eigenvalue weighted by Crippen LogP contribution is -2.45. The molecule has 0 aliphatic carbocycles. The molecular formula is C16H17BrF2N2O2. The Hall–Kier alpha value is -1.60. The van der Waals surface area contributed by atoms with Crippen molar-refractivity contribution in [3.05, 3.63) is 52.5 Å². The summed E-state index contributed by atoms with van der Waals surface area (Å²) in [6, 6.07) is 2.64. The average molecular weight is 387 g/mol. The number of hydrogen-bond donors (Lipinski definition) is 1. The second-order valence-corrected chi connectivity index (χ2v) is 7.05. The van der Waals surface area contributed by atoms with Crippen LogP contribution in [0.2, 0.25) is 0 Å². The Morgan fingerprint density at radius 3 is 2.30 bits per heavy atom. The van der Waals surface area contributed by atoms with Gasteiger partial charge in [0.15, 0.2) is 11.6 Å². The first kappa shape index (κ1) is 17.7. The third-order valence-corrected chi connectivity index (χ3v) is 4.33. The van der Waals surface area contributed by atoms with Gasteiger partial charge in [0.2, 0.25) is 5.82 Å². The molecule has 1 N–H and O–H groups in total. The molecule has 0 radical (unpaired) electrons. The van der Waals surface area contributed by atoms with Crippen molar-refractivity contribution >= 4 is 15.9 Å². The quantitative estimate of drug-likeness (QED) is 0.811. The molecule has 2 aromatic rings. The molecule has 0 bridgehead atoms. The summed E-state index contributed by atoms with van der Waals surface area (Å²) in [7, 11) is 0. The van der Waals surface area contributed by atoms with Crippen LogP contribution in [0.1, 0.15) is 26.3 Å². The molecule has 7 heteroatoms. The number of halogens is 3. The first-order valence-corrected chi connectivity index (χ1v) is 7.70. The summed E-state index contributed by atoms with van der Waals surface area (Å²) in [5, 5.41) is 11.1. The highest BCUT2D eigenvalue weighted by atomic mass is 79.9. The number of aliphatic hydroxyl groups is 1. The molecule has 2 rings (SSSR count). The van der Waals surface area contributed by atoms with E-state index in [0.717, 1.165) is 0 Å². The zero-order chi connectivity index (χ0) is 17.3. The van der Waals surface area contributed by atoms with Crippen LogP contribution in [0.3, 0.4) is 0 Å². The van der Waals surface area contributed by atoms with Crippen LogP contribution in [0, 0.1) is 17.0 Å². The maximum Gasteiger partial charge on any atom is 0.201 e. The molecule has 0 amide bonds. The van der Waals surface area contributed by atoms with Crippen molar-refractivity contribution in [2.24, 2.45) is 5.41 Å². The second kappa shape index (κ2) is 6.49. The molecule has 1 atom stereocenters. The summed E-state index contributed by atoms with van der Waals surface area (Å²) in [6.45, 7) is 5.15. The summed E-state index contributed by atoms with van der Waals surface area (Å²) in [5.41, 5.74) is -1.70. The molecular weight excluding hydrogens is 370 g/mol. The van der Waals surface area contributed by atoms with Gasteiger partial charge in [0, 0.05) is 18.0 Å². The summed E-state index contributed by atoms with van der Waals surface area (Å²) in [4.78, 5) is 7.79. The monoisotopic (exact) mass is 386 g/mol. The predicted octanol–water partition coefficient (Wildman–Crippen LogP) is 3.83. The molecule has 0 aliphatic heterocycles. The molecule has 1 heterocycles. The Bertz CT molecular complexity index is 692. The van der Waals surface area contributed by atoms with Crippen LogP contribution in [-0.2, 0) is 5.60 Å². The van der Waals surface area contributed by atoms with Crippen LogP contribution < -0.4 is 4.74 Å². The molecule has 1 aromatic heterocycles. The smallest absolute Gasteiger partial charge is 0.201 e. The van der Waals surface area contributed by atoms with Crippen LogP contribution in [0.15, 0.2) is 35.3 Å². The molecule has 4 nitrogen and oxygen atoms in total.